The van der Waals surface area contributed by atoms with Crippen LogP contribution in [0.1, 0.15) is 16.2 Å². The maximum absolute atomic E-state index is 10.6. The van der Waals surface area contributed by atoms with E-state index in [9.17, 15) is 4.79 Å². The van der Waals surface area contributed by atoms with E-state index < -0.39 is 0 Å². The van der Waals surface area contributed by atoms with Crippen LogP contribution in [0.5, 0.6) is 0 Å². The Labute approximate surface area is 102 Å². The number of hydrogen-bond acceptors (Lipinski definition) is 3. The van der Waals surface area contributed by atoms with Crippen molar-refractivity contribution in [2.75, 3.05) is 0 Å². The molecule has 2 aromatic rings. The Kier molecular flexibility index (Phi) is 3.10. The summed E-state index contributed by atoms with van der Waals surface area (Å²) >= 11 is 3.41. The van der Waals surface area contributed by atoms with Crippen LogP contribution in [0.15, 0.2) is 34.9 Å². The van der Waals surface area contributed by atoms with Gasteiger partial charge in [0.15, 0.2) is 12.1 Å². The van der Waals surface area contributed by atoms with Crippen LogP contribution in [0.4, 0.5) is 0 Å². The molecule has 0 bridgehead atoms. The molecule has 80 valence electrons. The average Bonchev–Trinajstić information content (AvgIpc) is 2.30. The Morgan fingerprint density at radius 1 is 1.38 bits per heavy atom. The molecule has 1 aromatic heterocycles. The molecule has 1 aromatic carbocycles. The van der Waals surface area contributed by atoms with Crippen molar-refractivity contribution >= 4 is 22.2 Å². The molecular formula is C12H9BrN2O. The molecule has 1 heterocycles. The van der Waals surface area contributed by atoms with Crippen LogP contribution >= 0.6 is 15.9 Å². The van der Waals surface area contributed by atoms with Gasteiger partial charge >= 0.3 is 0 Å². The molecule has 0 unspecified atom stereocenters. The van der Waals surface area contributed by atoms with Gasteiger partial charge in [0.25, 0.3) is 0 Å². The van der Waals surface area contributed by atoms with E-state index in [0.29, 0.717) is 6.29 Å². The zero-order valence-electron chi connectivity index (χ0n) is 8.64. The molecule has 0 saturated carbocycles. The Balaban J connectivity index is 2.58. The lowest BCUT2D eigenvalue weighted by atomic mass is 10.1. The predicted octanol–water partition coefficient (Wildman–Crippen LogP) is 3.03. The van der Waals surface area contributed by atoms with E-state index in [4.69, 9.17) is 0 Å². The van der Waals surface area contributed by atoms with Crippen molar-refractivity contribution in [3.05, 3.63) is 46.3 Å². The monoisotopic (exact) mass is 276 g/mol. The quantitative estimate of drug-likeness (QED) is 0.792. The van der Waals surface area contributed by atoms with Gasteiger partial charge in [-0.25, -0.2) is 9.97 Å². The highest BCUT2D eigenvalue weighted by molar-refractivity contribution is 9.10. The van der Waals surface area contributed by atoms with E-state index in [0.717, 1.165) is 21.3 Å². The summed E-state index contributed by atoms with van der Waals surface area (Å²) in [7, 11) is 0. The molecule has 0 atom stereocenters. The van der Waals surface area contributed by atoms with E-state index in [1.165, 1.54) is 0 Å². The number of carbonyl (C=O) groups is 1. The van der Waals surface area contributed by atoms with E-state index >= 15 is 0 Å². The van der Waals surface area contributed by atoms with Crippen molar-refractivity contribution < 1.29 is 4.79 Å². The summed E-state index contributed by atoms with van der Waals surface area (Å²) < 4.78 is 0.982. The molecule has 0 spiro atoms. The van der Waals surface area contributed by atoms with Gasteiger partial charge in [-0.05, 0) is 24.6 Å². The third kappa shape index (κ3) is 2.17. The summed E-state index contributed by atoms with van der Waals surface area (Å²) in [5.74, 6) is 0.209. The highest BCUT2D eigenvalue weighted by atomic mass is 79.9. The summed E-state index contributed by atoms with van der Waals surface area (Å²) in [4.78, 5) is 18.8. The number of rotatable bonds is 2. The van der Waals surface area contributed by atoms with Gasteiger partial charge in [-0.15, -0.1) is 0 Å². The third-order valence-electron chi connectivity index (χ3n) is 2.19. The van der Waals surface area contributed by atoms with Crippen molar-refractivity contribution in [3.63, 3.8) is 0 Å². The highest BCUT2D eigenvalue weighted by Gasteiger charge is 2.06. The van der Waals surface area contributed by atoms with Gasteiger partial charge in [0.05, 0.1) is 5.69 Å². The van der Waals surface area contributed by atoms with Crippen LogP contribution in [0.2, 0.25) is 0 Å². The van der Waals surface area contributed by atoms with E-state index in [1.54, 1.807) is 6.20 Å². The summed E-state index contributed by atoms with van der Waals surface area (Å²) in [6, 6.07) is 7.79. The van der Waals surface area contributed by atoms with Crippen molar-refractivity contribution in [1.82, 2.24) is 9.97 Å². The van der Waals surface area contributed by atoms with Gasteiger partial charge in [0.1, 0.15) is 0 Å². The Bertz CT molecular complexity index is 540. The van der Waals surface area contributed by atoms with Crippen LogP contribution in [0, 0.1) is 6.92 Å². The molecule has 3 nitrogen and oxygen atoms in total. The first-order chi connectivity index (χ1) is 7.70. The van der Waals surface area contributed by atoms with Gasteiger partial charge in [0.2, 0.25) is 0 Å². The number of halogens is 1. The lowest BCUT2D eigenvalue weighted by Crippen LogP contribution is -1.97. The summed E-state index contributed by atoms with van der Waals surface area (Å²) in [5, 5.41) is 0. The second kappa shape index (κ2) is 4.53. The molecule has 0 radical (unpaired) electrons. The predicted molar refractivity (Wildman–Crippen MR) is 65.3 cm³/mol. The molecule has 0 amide bonds. The lowest BCUT2D eigenvalue weighted by Gasteiger charge is -2.05. The van der Waals surface area contributed by atoms with E-state index in [-0.39, 0.29) is 5.82 Å². The topological polar surface area (TPSA) is 42.9 Å². The molecule has 0 fully saturated rings. The zero-order valence-corrected chi connectivity index (χ0v) is 10.2. The van der Waals surface area contributed by atoms with Crippen LogP contribution < -0.4 is 0 Å². The minimum absolute atomic E-state index is 0.209. The minimum Gasteiger partial charge on any atom is -0.294 e. The molecule has 0 aliphatic heterocycles. The van der Waals surface area contributed by atoms with Crippen LogP contribution in [-0.4, -0.2) is 16.3 Å². The summed E-state index contributed by atoms with van der Waals surface area (Å²) in [6.07, 6.45) is 2.31. The number of benzene rings is 1. The Morgan fingerprint density at radius 3 is 2.88 bits per heavy atom. The van der Waals surface area contributed by atoms with Gasteiger partial charge in [-0.2, -0.15) is 0 Å². The number of hydrogen-bond donors (Lipinski definition) is 0. The first-order valence-electron chi connectivity index (χ1n) is 4.75. The second-order valence-corrected chi connectivity index (χ2v) is 4.30. The first kappa shape index (κ1) is 11.0. The summed E-state index contributed by atoms with van der Waals surface area (Å²) in [6.45, 7) is 1.92. The fraction of sp³-hybridized carbons (Fsp3) is 0.0833. The smallest absolute Gasteiger partial charge is 0.193 e. The van der Waals surface area contributed by atoms with Gasteiger partial charge in [-0.1, -0.05) is 28.1 Å². The van der Waals surface area contributed by atoms with Crippen molar-refractivity contribution in [2.24, 2.45) is 0 Å². The van der Waals surface area contributed by atoms with Crippen molar-refractivity contribution in [3.8, 4) is 11.3 Å². The maximum Gasteiger partial charge on any atom is 0.193 e. The molecular weight excluding hydrogens is 268 g/mol. The Morgan fingerprint density at radius 2 is 2.19 bits per heavy atom. The third-order valence-corrected chi connectivity index (χ3v) is 2.69. The molecule has 16 heavy (non-hydrogen) atoms. The number of carbonyl (C=O) groups excluding carboxylic acids is 1. The van der Waals surface area contributed by atoms with Crippen molar-refractivity contribution in [2.45, 2.75) is 6.92 Å². The van der Waals surface area contributed by atoms with Gasteiger partial charge < -0.3 is 0 Å². The minimum atomic E-state index is 0.209. The molecule has 4 heteroatoms. The van der Waals surface area contributed by atoms with Crippen LogP contribution in [0.25, 0.3) is 11.3 Å². The number of aryl methyl sites for hydroxylation is 1. The number of aromatic nitrogens is 2. The maximum atomic E-state index is 10.6. The molecule has 0 aliphatic rings. The lowest BCUT2D eigenvalue weighted by molar-refractivity contribution is 0.111. The molecule has 0 aliphatic carbocycles. The SMILES string of the molecule is Cc1cnc(C=O)nc1-c1cccc(Br)c1. The summed E-state index contributed by atoms with van der Waals surface area (Å²) in [5.41, 5.74) is 2.71. The fourth-order valence-electron chi connectivity index (χ4n) is 1.44. The number of aldehydes is 1. The first-order valence-corrected chi connectivity index (χ1v) is 5.55. The van der Waals surface area contributed by atoms with Gasteiger partial charge in [0, 0.05) is 16.2 Å². The molecule has 2 rings (SSSR count). The largest absolute Gasteiger partial charge is 0.294 e. The molecule has 0 N–H and O–H groups in total. The molecule has 0 saturated heterocycles. The Hall–Kier alpha value is -1.55. The zero-order chi connectivity index (χ0) is 11.5. The van der Waals surface area contributed by atoms with E-state index in [2.05, 4.69) is 25.9 Å². The second-order valence-electron chi connectivity index (χ2n) is 3.39. The fourth-order valence-corrected chi connectivity index (χ4v) is 1.84. The normalized spacial score (nSPS) is 10.1. The standard InChI is InChI=1S/C12H9BrN2O/c1-8-6-14-11(7-16)15-12(8)9-3-2-4-10(13)5-9/h2-7H,1H3. The highest BCUT2D eigenvalue weighted by Crippen LogP contribution is 2.23. The van der Waals surface area contributed by atoms with E-state index in [1.807, 2.05) is 31.2 Å². The van der Waals surface area contributed by atoms with Gasteiger partial charge in [-0.3, -0.25) is 4.79 Å². The average molecular weight is 277 g/mol. The van der Waals surface area contributed by atoms with Crippen molar-refractivity contribution in [1.29, 1.82) is 0 Å². The van der Waals surface area contributed by atoms with Crippen LogP contribution in [-0.2, 0) is 0 Å². The van der Waals surface area contributed by atoms with Crippen LogP contribution in [0.3, 0.4) is 0 Å². The number of nitrogens with zero attached hydrogens (tertiary/aromatic N) is 2.